The zero-order valence-corrected chi connectivity index (χ0v) is 11.9. The third-order valence-electron chi connectivity index (χ3n) is 2.21. The zero-order chi connectivity index (χ0) is 14.0. The van der Waals surface area contributed by atoms with Crippen LogP contribution >= 0.6 is 11.8 Å². The van der Waals surface area contributed by atoms with E-state index in [0.29, 0.717) is 34.3 Å². The van der Waals surface area contributed by atoms with E-state index in [4.69, 9.17) is 16.0 Å². The van der Waals surface area contributed by atoms with Gasteiger partial charge in [-0.05, 0) is 0 Å². The third kappa shape index (κ3) is 3.57. The highest BCUT2D eigenvalue weighted by Crippen LogP contribution is 2.23. The topological polar surface area (TPSA) is 117 Å². The number of thioether (sulfide) groups is 1. The minimum Gasteiger partial charge on any atom is -0.383 e. The molecule has 7 nitrogen and oxygen atoms in total. The molecule has 102 valence electrons. The van der Waals surface area contributed by atoms with Gasteiger partial charge in [0.25, 0.3) is 0 Å². The molecule has 0 saturated heterocycles. The van der Waals surface area contributed by atoms with Gasteiger partial charge in [-0.15, -0.1) is 0 Å². The fourth-order valence-electron chi connectivity index (χ4n) is 1.27. The molecule has 0 atom stereocenters. The summed E-state index contributed by atoms with van der Waals surface area (Å²) in [5, 5.41) is 4.44. The minimum absolute atomic E-state index is 0.134. The van der Waals surface area contributed by atoms with Crippen LogP contribution in [0.1, 0.15) is 32.5 Å². The Labute approximate surface area is 115 Å². The summed E-state index contributed by atoms with van der Waals surface area (Å²) in [7, 11) is 0. The van der Waals surface area contributed by atoms with E-state index >= 15 is 0 Å². The Kier molecular flexibility index (Phi) is 3.61. The van der Waals surface area contributed by atoms with Crippen LogP contribution in [0.5, 0.6) is 0 Å². The summed E-state index contributed by atoms with van der Waals surface area (Å²) >= 11 is 1.35. The van der Waals surface area contributed by atoms with E-state index in [1.54, 1.807) is 0 Å². The van der Waals surface area contributed by atoms with Crippen LogP contribution in [-0.4, -0.2) is 20.1 Å². The maximum atomic E-state index is 5.59. The van der Waals surface area contributed by atoms with Crippen molar-refractivity contribution >= 4 is 23.4 Å². The van der Waals surface area contributed by atoms with Gasteiger partial charge in [-0.3, -0.25) is 0 Å². The second-order valence-electron chi connectivity index (χ2n) is 5.05. The van der Waals surface area contributed by atoms with Crippen molar-refractivity contribution in [3.63, 3.8) is 0 Å². The quantitative estimate of drug-likeness (QED) is 0.643. The molecule has 0 radical (unpaired) electrons. The maximum absolute atomic E-state index is 5.59. The van der Waals surface area contributed by atoms with Gasteiger partial charge in [0.05, 0.1) is 5.75 Å². The van der Waals surface area contributed by atoms with Crippen molar-refractivity contribution in [2.45, 2.75) is 37.1 Å². The van der Waals surface area contributed by atoms with Gasteiger partial charge in [0.2, 0.25) is 5.89 Å². The van der Waals surface area contributed by atoms with Gasteiger partial charge in [0.1, 0.15) is 11.6 Å². The number of aromatic nitrogens is 4. The molecule has 8 heteroatoms. The molecule has 0 amide bonds. The molecular weight excluding hydrogens is 264 g/mol. The van der Waals surface area contributed by atoms with Gasteiger partial charge in [0.15, 0.2) is 11.0 Å². The molecule has 0 bridgehead atoms. The number of hydrogen-bond acceptors (Lipinski definition) is 8. The predicted molar refractivity (Wildman–Crippen MR) is 73.4 cm³/mol. The van der Waals surface area contributed by atoms with Crippen molar-refractivity contribution < 1.29 is 4.52 Å². The second-order valence-corrected chi connectivity index (χ2v) is 5.99. The van der Waals surface area contributed by atoms with Crippen LogP contribution in [0.2, 0.25) is 0 Å². The molecule has 0 aliphatic heterocycles. The lowest BCUT2D eigenvalue weighted by molar-refractivity contribution is 0.372. The van der Waals surface area contributed by atoms with Gasteiger partial charge < -0.3 is 16.0 Å². The molecule has 0 spiro atoms. The fraction of sp³-hybridized carbons (Fsp3) is 0.455. The molecule has 0 aliphatic carbocycles. The summed E-state index contributed by atoms with van der Waals surface area (Å²) in [6.07, 6.45) is 0. The van der Waals surface area contributed by atoms with Crippen LogP contribution < -0.4 is 11.5 Å². The second kappa shape index (κ2) is 5.04. The molecule has 0 fully saturated rings. The van der Waals surface area contributed by atoms with E-state index in [1.165, 1.54) is 17.8 Å². The Balaban J connectivity index is 2.04. The first-order valence-electron chi connectivity index (χ1n) is 5.70. The lowest BCUT2D eigenvalue weighted by Gasteiger charge is -2.10. The van der Waals surface area contributed by atoms with Gasteiger partial charge >= 0.3 is 0 Å². The smallest absolute Gasteiger partial charge is 0.237 e. The summed E-state index contributed by atoms with van der Waals surface area (Å²) < 4.78 is 5.17. The van der Waals surface area contributed by atoms with E-state index in [1.807, 2.05) is 20.8 Å². The highest BCUT2D eigenvalue weighted by atomic mass is 32.2. The Morgan fingerprint density at radius 1 is 1.16 bits per heavy atom. The molecule has 0 saturated carbocycles. The van der Waals surface area contributed by atoms with Crippen molar-refractivity contribution in [1.29, 1.82) is 0 Å². The number of nitrogens with zero attached hydrogens (tertiary/aromatic N) is 4. The Hall–Kier alpha value is -1.83. The minimum atomic E-state index is -0.134. The van der Waals surface area contributed by atoms with Crippen LogP contribution in [0.4, 0.5) is 11.6 Å². The predicted octanol–water partition coefficient (Wildman–Crippen LogP) is 1.61. The average molecular weight is 280 g/mol. The summed E-state index contributed by atoms with van der Waals surface area (Å²) in [4.78, 5) is 12.5. The Morgan fingerprint density at radius 3 is 2.32 bits per heavy atom. The standard InChI is InChI=1S/C11H16N6OS/c1-11(2,3)9-16-8(18-17-9)5-19-10-14-6(12)4-7(13)15-10/h4H,5H2,1-3H3,(H4,12,13,14,15). The van der Waals surface area contributed by atoms with E-state index in [9.17, 15) is 0 Å². The molecule has 0 aromatic carbocycles. The van der Waals surface area contributed by atoms with Crippen LogP contribution in [0.15, 0.2) is 15.7 Å². The fourth-order valence-corrected chi connectivity index (χ4v) is 1.98. The number of rotatable bonds is 3. The van der Waals surface area contributed by atoms with Crippen LogP contribution in [0, 0.1) is 0 Å². The van der Waals surface area contributed by atoms with Crippen molar-refractivity contribution in [2.75, 3.05) is 11.5 Å². The van der Waals surface area contributed by atoms with Crippen LogP contribution in [-0.2, 0) is 11.2 Å². The number of nitrogen functional groups attached to an aromatic ring is 2. The normalized spacial score (nSPS) is 11.7. The molecule has 2 rings (SSSR count). The lowest BCUT2D eigenvalue weighted by Crippen LogP contribution is -2.13. The molecule has 2 aromatic rings. The van der Waals surface area contributed by atoms with E-state index in [-0.39, 0.29) is 5.41 Å². The first-order valence-corrected chi connectivity index (χ1v) is 6.69. The highest BCUT2D eigenvalue weighted by molar-refractivity contribution is 7.98. The van der Waals surface area contributed by atoms with Gasteiger partial charge in [-0.25, -0.2) is 9.97 Å². The van der Waals surface area contributed by atoms with E-state index < -0.39 is 0 Å². The Bertz CT molecular complexity index is 557. The largest absolute Gasteiger partial charge is 0.383 e. The summed E-state index contributed by atoms with van der Waals surface area (Å²) in [5.41, 5.74) is 11.1. The van der Waals surface area contributed by atoms with E-state index in [2.05, 4.69) is 20.1 Å². The summed E-state index contributed by atoms with van der Waals surface area (Å²) in [5.74, 6) is 2.37. The molecule has 2 heterocycles. The molecule has 0 unspecified atom stereocenters. The maximum Gasteiger partial charge on any atom is 0.237 e. The Morgan fingerprint density at radius 2 is 1.79 bits per heavy atom. The molecule has 4 N–H and O–H groups in total. The van der Waals surface area contributed by atoms with Gasteiger partial charge in [-0.2, -0.15) is 4.98 Å². The van der Waals surface area contributed by atoms with Gasteiger partial charge in [0, 0.05) is 11.5 Å². The number of anilines is 2. The lowest BCUT2D eigenvalue weighted by atomic mass is 9.96. The van der Waals surface area contributed by atoms with E-state index in [0.717, 1.165) is 0 Å². The van der Waals surface area contributed by atoms with Crippen molar-refractivity contribution in [3.8, 4) is 0 Å². The molecule has 19 heavy (non-hydrogen) atoms. The monoisotopic (exact) mass is 280 g/mol. The molecular formula is C11H16N6OS. The number of nitrogens with two attached hydrogens (primary N) is 2. The van der Waals surface area contributed by atoms with Crippen molar-refractivity contribution in [3.05, 3.63) is 17.8 Å². The molecule has 2 aromatic heterocycles. The van der Waals surface area contributed by atoms with Crippen molar-refractivity contribution in [1.82, 2.24) is 20.1 Å². The third-order valence-corrected chi connectivity index (χ3v) is 3.04. The SMILES string of the molecule is CC(C)(C)c1noc(CSc2nc(N)cc(N)n2)n1. The first kappa shape index (κ1) is 13.6. The zero-order valence-electron chi connectivity index (χ0n) is 11.0. The number of hydrogen-bond donors (Lipinski definition) is 2. The first-order chi connectivity index (χ1) is 8.84. The molecule has 0 aliphatic rings. The van der Waals surface area contributed by atoms with Gasteiger partial charge in [-0.1, -0.05) is 37.7 Å². The highest BCUT2D eigenvalue weighted by Gasteiger charge is 2.21. The van der Waals surface area contributed by atoms with Crippen molar-refractivity contribution in [2.24, 2.45) is 0 Å². The summed E-state index contributed by atoms with van der Waals surface area (Å²) in [6.45, 7) is 6.07. The summed E-state index contributed by atoms with van der Waals surface area (Å²) in [6, 6.07) is 1.51. The average Bonchev–Trinajstić information content (AvgIpc) is 2.73. The van der Waals surface area contributed by atoms with Crippen LogP contribution in [0.25, 0.3) is 0 Å². The van der Waals surface area contributed by atoms with Crippen LogP contribution in [0.3, 0.4) is 0 Å².